The molecule has 0 saturated heterocycles. The number of nitrogens with zero attached hydrogens (tertiary/aromatic N) is 5. The predicted molar refractivity (Wildman–Crippen MR) is 61.0 cm³/mol. The van der Waals surface area contributed by atoms with Crippen molar-refractivity contribution in [3.05, 3.63) is 28.6 Å². The summed E-state index contributed by atoms with van der Waals surface area (Å²) in [6, 6.07) is 0. The van der Waals surface area contributed by atoms with E-state index >= 15 is 0 Å². The molecule has 0 bridgehead atoms. The maximum atomic E-state index is 13.1. The number of imidazole rings is 1. The molecule has 11 heteroatoms. The summed E-state index contributed by atoms with van der Waals surface area (Å²) < 4.78 is 51.8. The number of rotatable bonds is 1. The Morgan fingerprint density at radius 2 is 2.00 bits per heavy atom. The normalized spacial score (nSPS) is 12.2. The molecule has 3 aromatic rings. The van der Waals surface area contributed by atoms with E-state index in [1.807, 2.05) is 0 Å². The lowest BCUT2D eigenvalue weighted by Gasteiger charge is -1.98. The lowest BCUT2D eigenvalue weighted by Crippen LogP contribution is -2.07. The minimum atomic E-state index is -4.64. The second-order valence-corrected chi connectivity index (χ2v) is 4.45. The van der Waals surface area contributed by atoms with Gasteiger partial charge >= 0.3 is 6.18 Å². The van der Waals surface area contributed by atoms with Gasteiger partial charge in [-0.25, -0.2) is 19.3 Å². The fourth-order valence-corrected chi connectivity index (χ4v) is 2.05. The van der Waals surface area contributed by atoms with Gasteiger partial charge in [0.1, 0.15) is 10.3 Å². The lowest BCUT2D eigenvalue weighted by atomic mass is 10.4. The van der Waals surface area contributed by atoms with Crippen LogP contribution < -0.4 is 0 Å². The van der Waals surface area contributed by atoms with E-state index in [2.05, 4.69) is 36.0 Å². The average Bonchev–Trinajstić information content (AvgIpc) is 2.95. The molecule has 0 spiro atoms. The van der Waals surface area contributed by atoms with Crippen LogP contribution in [0.2, 0.25) is 0 Å². The quantitative estimate of drug-likeness (QED) is 0.684. The Kier molecular flexibility index (Phi) is 2.74. The molecule has 0 aliphatic rings. The molecule has 3 heterocycles. The van der Waals surface area contributed by atoms with Crippen LogP contribution in [0.4, 0.5) is 17.6 Å². The largest absolute Gasteiger partial charge is 0.451 e. The first-order valence-electron chi connectivity index (χ1n) is 5.05. The molecule has 3 aromatic heterocycles. The van der Waals surface area contributed by atoms with Crippen LogP contribution >= 0.6 is 15.9 Å². The Morgan fingerprint density at radius 1 is 1.25 bits per heavy atom. The molecule has 0 aliphatic heterocycles. The van der Waals surface area contributed by atoms with Crippen molar-refractivity contribution in [1.82, 2.24) is 29.5 Å². The summed E-state index contributed by atoms with van der Waals surface area (Å²) in [7, 11) is 0. The molecule has 0 unspecified atom stereocenters. The first-order chi connectivity index (χ1) is 9.36. The van der Waals surface area contributed by atoms with Gasteiger partial charge in [-0.1, -0.05) is 0 Å². The highest BCUT2D eigenvalue weighted by atomic mass is 79.9. The van der Waals surface area contributed by atoms with Crippen molar-refractivity contribution in [1.29, 1.82) is 0 Å². The summed E-state index contributed by atoms with van der Waals surface area (Å²) in [4.78, 5) is 11.0. The Labute approximate surface area is 116 Å². The Hall–Kier alpha value is -2.04. The van der Waals surface area contributed by atoms with E-state index < -0.39 is 17.8 Å². The summed E-state index contributed by atoms with van der Waals surface area (Å²) >= 11 is 3.10. The highest BCUT2D eigenvalue weighted by Crippen LogP contribution is 2.30. The van der Waals surface area contributed by atoms with Gasteiger partial charge in [0.25, 0.3) is 0 Å². The Balaban J connectivity index is 2.15. The van der Waals surface area contributed by atoms with E-state index in [1.165, 1.54) is 4.40 Å². The maximum absolute atomic E-state index is 13.1. The summed E-state index contributed by atoms with van der Waals surface area (Å²) in [5, 5.41) is 5.22. The van der Waals surface area contributed by atoms with Gasteiger partial charge in [0.15, 0.2) is 5.82 Å². The molecule has 6 nitrogen and oxygen atoms in total. The van der Waals surface area contributed by atoms with Gasteiger partial charge in [0, 0.05) is 0 Å². The first-order valence-corrected chi connectivity index (χ1v) is 5.84. The number of aromatic amines is 1. The molecule has 0 saturated carbocycles. The number of halogens is 5. The van der Waals surface area contributed by atoms with E-state index in [4.69, 9.17) is 0 Å². The van der Waals surface area contributed by atoms with Crippen LogP contribution in [0.1, 0.15) is 5.82 Å². The molecular formula is C9H3BrF4N6. The molecule has 0 amide bonds. The Bertz CT molecular complexity index is 791. The van der Waals surface area contributed by atoms with Crippen molar-refractivity contribution in [3.63, 3.8) is 0 Å². The number of hydrogen-bond acceptors (Lipinski definition) is 4. The van der Waals surface area contributed by atoms with Crippen molar-refractivity contribution in [2.75, 3.05) is 0 Å². The molecule has 0 radical (unpaired) electrons. The molecule has 0 fully saturated rings. The minimum Gasteiger partial charge on any atom is -0.274 e. The summed E-state index contributed by atoms with van der Waals surface area (Å²) in [6.07, 6.45) is -2.61. The van der Waals surface area contributed by atoms with Gasteiger partial charge in [-0.3, -0.25) is 9.50 Å². The number of hydrogen-bond donors (Lipinski definition) is 1. The van der Waals surface area contributed by atoms with E-state index in [0.29, 0.717) is 0 Å². The Morgan fingerprint density at radius 3 is 2.65 bits per heavy atom. The topological polar surface area (TPSA) is 71.8 Å². The second kappa shape index (κ2) is 4.23. The van der Waals surface area contributed by atoms with E-state index in [-0.39, 0.29) is 21.9 Å². The molecule has 3 rings (SSSR count). The highest BCUT2D eigenvalue weighted by molar-refractivity contribution is 9.10. The molecule has 0 aromatic carbocycles. The van der Waals surface area contributed by atoms with Gasteiger partial charge in [-0.05, 0) is 15.9 Å². The van der Waals surface area contributed by atoms with Gasteiger partial charge in [-0.2, -0.15) is 18.3 Å². The average molecular weight is 351 g/mol. The summed E-state index contributed by atoms with van der Waals surface area (Å²) in [6.45, 7) is 0. The van der Waals surface area contributed by atoms with Crippen LogP contribution in [0.3, 0.4) is 0 Å². The minimum absolute atomic E-state index is 0.0230. The van der Waals surface area contributed by atoms with Crippen molar-refractivity contribution in [3.8, 4) is 11.5 Å². The van der Waals surface area contributed by atoms with Crippen LogP contribution in [-0.2, 0) is 6.18 Å². The van der Waals surface area contributed by atoms with Crippen molar-refractivity contribution < 1.29 is 17.6 Å². The smallest absolute Gasteiger partial charge is 0.274 e. The zero-order chi connectivity index (χ0) is 14.5. The van der Waals surface area contributed by atoms with Gasteiger partial charge < -0.3 is 0 Å². The second-order valence-electron chi connectivity index (χ2n) is 3.70. The number of fused-ring (bicyclic) bond motifs is 1. The lowest BCUT2D eigenvalue weighted by molar-refractivity contribution is -0.144. The third kappa shape index (κ3) is 2.03. The molecule has 0 aliphatic carbocycles. The molecule has 20 heavy (non-hydrogen) atoms. The van der Waals surface area contributed by atoms with E-state index in [9.17, 15) is 17.6 Å². The third-order valence-electron chi connectivity index (χ3n) is 2.36. The summed E-state index contributed by atoms with van der Waals surface area (Å²) in [5.74, 6) is -2.02. The van der Waals surface area contributed by atoms with Crippen LogP contribution in [0.25, 0.3) is 17.3 Å². The summed E-state index contributed by atoms with van der Waals surface area (Å²) in [5.41, 5.74) is 0.0230. The van der Waals surface area contributed by atoms with Gasteiger partial charge in [-0.15, -0.1) is 0 Å². The van der Waals surface area contributed by atoms with Gasteiger partial charge in [0.2, 0.25) is 17.4 Å². The highest BCUT2D eigenvalue weighted by Gasteiger charge is 2.35. The SMILES string of the molecule is Fc1cnc2nc(-c3n[nH]c(C(F)(F)F)n3)c(Br)n2c1. The first kappa shape index (κ1) is 13.0. The maximum Gasteiger partial charge on any atom is 0.451 e. The van der Waals surface area contributed by atoms with E-state index in [1.54, 1.807) is 5.10 Å². The van der Waals surface area contributed by atoms with Gasteiger partial charge in [0.05, 0.1) is 12.4 Å². The number of alkyl halides is 3. The van der Waals surface area contributed by atoms with Crippen LogP contribution in [0.5, 0.6) is 0 Å². The number of H-pyrrole nitrogens is 1. The van der Waals surface area contributed by atoms with Crippen molar-refractivity contribution >= 4 is 21.7 Å². The number of aromatic nitrogens is 6. The predicted octanol–water partition coefficient (Wildman–Crippen LogP) is 2.43. The molecule has 0 atom stereocenters. The van der Waals surface area contributed by atoms with Crippen LogP contribution in [0.15, 0.2) is 17.0 Å². The van der Waals surface area contributed by atoms with E-state index in [0.717, 1.165) is 12.4 Å². The number of nitrogens with one attached hydrogen (secondary N) is 1. The standard InChI is InChI=1S/C9H3BrF4N6/c10-5-4(6-17-7(19-18-6)9(12,13)14)16-8-15-1-3(11)2-20(5)8/h1-2H,(H,17,18,19). The third-order valence-corrected chi connectivity index (χ3v) is 3.11. The zero-order valence-electron chi connectivity index (χ0n) is 9.28. The molecule has 104 valence electrons. The van der Waals surface area contributed by atoms with Crippen LogP contribution in [-0.4, -0.2) is 29.5 Å². The van der Waals surface area contributed by atoms with Crippen molar-refractivity contribution in [2.45, 2.75) is 6.18 Å². The fraction of sp³-hybridized carbons (Fsp3) is 0.111. The fourth-order valence-electron chi connectivity index (χ4n) is 1.52. The van der Waals surface area contributed by atoms with Crippen LogP contribution in [0, 0.1) is 5.82 Å². The molecular weight excluding hydrogens is 348 g/mol. The zero-order valence-corrected chi connectivity index (χ0v) is 10.9. The molecule has 1 N–H and O–H groups in total. The van der Waals surface area contributed by atoms with Crippen molar-refractivity contribution in [2.24, 2.45) is 0 Å². The monoisotopic (exact) mass is 350 g/mol.